The van der Waals surface area contributed by atoms with Crippen molar-refractivity contribution in [1.29, 1.82) is 0 Å². The first-order chi connectivity index (χ1) is 7.22. The monoisotopic (exact) mass is 286 g/mol. The zero-order valence-corrected chi connectivity index (χ0v) is 11.1. The predicted octanol–water partition coefficient (Wildman–Crippen LogP) is 3.54. The number of halogens is 1. The van der Waals surface area contributed by atoms with Crippen LogP contribution in [0.2, 0.25) is 0 Å². The number of benzene rings is 1. The molecule has 0 aromatic heterocycles. The van der Waals surface area contributed by atoms with Gasteiger partial charge in [-0.25, -0.2) is 0 Å². The molecule has 0 amide bonds. The van der Waals surface area contributed by atoms with Gasteiger partial charge >= 0.3 is 0 Å². The second-order valence-electron chi connectivity index (χ2n) is 3.24. The van der Waals surface area contributed by atoms with E-state index in [0.29, 0.717) is 5.11 Å². The Bertz CT molecular complexity index is 328. The highest BCUT2D eigenvalue weighted by molar-refractivity contribution is 9.10. The molecule has 1 aromatic rings. The van der Waals surface area contributed by atoms with Crippen LogP contribution in [0.25, 0.3) is 0 Å². The highest BCUT2D eigenvalue weighted by Crippen LogP contribution is 2.15. The molecule has 0 unspecified atom stereocenters. The van der Waals surface area contributed by atoms with E-state index in [9.17, 15) is 0 Å². The maximum absolute atomic E-state index is 5.16. The van der Waals surface area contributed by atoms with Crippen LogP contribution in [0.3, 0.4) is 0 Å². The highest BCUT2D eigenvalue weighted by Gasteiger charge is 1.96. The molecule has 2 N–H and O–H groups in total. The van der Waals surface area contributed by atoms with Crippen LogP contribution >= 0.6 is 28.1 Å². The number of rotatable bonds is 4. The second-order valence-corrected chi connectivity index (χ2v) is 4.57. The van der Waals surface area contributed by atoms with Crippen molar-refractivity contribution in [2.45, 2.75) is 19.8 Å². The molecule has 1 rings (SSSR count). The van der Waals surface area contributed by atoms with Gasteiger partial charge in [0.1, 0.15) is 0 Å². The summed E-state index contributed by atoms with van der Waals surface area (Å²) in [4.78, 5) is 0. The van der Waals surface area contributed by atoms with E-state index in [1.807, 2.05) is 24.3 Å². The lowest BCUT2D eigenvalue weighted by molar-refractivity contribution is 0.758. The molecule has 0 bridgehead atoms. The van der Waals surface area contributed by atoms with Crippen LogP contribution in [-0.4, -0.2) is 11.7 Å². The van der Waals surface area contributed by atoms with Gasteiger partial charge in [-0.15, -0.1) is 0 Å². The summed E-state index contributed by atoms with van der Waals surface area (Å²) in [5.41, 5.74) is 0.998. The van der Waals surface area contributed by atoms with Gasteiger partial charge in [0.05, 0.1) is 0 Å². The topological polar surface area (TPSA) is 24.1 Å². The highest BCUT2D eigenvalue weighted by atomic mass is 79.9. The fourth-order valence-electron chi connectivity index (χ4n) is 1.12. The zero-order valence-electron chi connectivity index (χ0n) is 8.72. The van der Waals surface area contributed by atoms with Crippen molar-refractivity contribution in [3.8, 4) is 0 Å². The first-order valence-corrected chi connectivity index (χ1v) is 6.23. The van der Waals surface area contributed by atoms with Gasteiger partial charge in [-0.05, 0) is 36.8 Å². The van der Waals surface area contributed by atoms with Crippen LogP contribution < -0.4 is 10.6 Å². The summed E-state index contributed by atoms with van der Waals surface area (Å²) in [6.07, 6.45) is 2.31. The Morgan fingerprint density at radius 1 is 1.47 bits per heavy atom. The van der Waals surface area contributed by atoms with Crippen molar-refractivity contribution in [2.24, 2.45) is 0 Å². The molecule has 0 saturated carbocycles. The van der Waals surface area contributed by atoms with Crippen LogP contribution in [0.4, 0.5) is 5.69 Å². The Morgan fingerprint density at radius 3 is 2.93 bits per heavy atom. The first kappa shape index (κ1) is 12.5. The standard InChI is InChI=1S/C11H15BrN2S/c1-2-3-7-13-11(15)14-10-6-4-5-9(12)8-10/h4-6,8H,2-3,7H2,1H3,(H2,13,14,15). The predicted molar refractivity (Wildman–Crippen MR) is 73.3 cm³/mol. The molecule has 4 heteroatoms. The SMILES string of the molecule is CCCCNC(=S)Nc1cccc(Br)c1. The summed E-state index contributed by atoms with van der Waals surface area (Å²) in [7, 11) is 0. The van der Waals surface area contributed by atoms with E-state index >= 15 is 0 Å². The molecule has 1 aromatic carbocycles. The van der Waals surface area contributed by atoms with Crippen molar-refractivity contribution < 1.29 is 0 Å². The Labute approximate surface area is 105 Å². The van der Waals surface area contributed by atoms with Crippen LogP contribution in [0, 0.1) is 0 Å². The third kappa shape index (κ3) is 5.14. The molecule has 0 atom stereocenters. The summed E-state index contributed by atoms with van der Waals surface area (Å²) in [6, 6.07) is 7.94. The minimum absolute atomic E-state index is 0.682. The number of hydrogen-bond acceptors (Lipinski definition) is 1. The third-order valence-corrected chi connectivity index (χ3v) is 2.64. The lowest BCUT2D eigenvalue weighted by Crippen LogP contribution is -2.29. The van der Waals surface area contributed by atoms with Gasteiger partial charge in [0.2, 0.25) is 0 Å². The van der Waals surface area contributed by atoms with Crippen LogP contribution in [0.5, 0.6) is 0 Å². The molecule has 0 heterocycles. The molecular weight excluding hydrogens is 272 g/mol. The Hall–Kier alpha value is -0.610. The third-order valence-electron chi connectivity index (χ3n) is 1.90. The normalized spacial score (nSPS) is 9.73. The van der Waals surface area contributed by atoms with Gasteiger partial charge < -0.3 is 10.6 Å². The quantitative estimate of drug-likeness (QED) is 0.654. The number of unbranched alkanes of at least 4 members (excludes halogenated alkanes) is 1. The maximum Gasteiger partial charge on any atom is 0.170 e. The van der Waals surface area contributed by atoms with Crippen molar-refractivity contribution in [3.05, 3.63) is 28.7 Å². The Balaban J connectivity index is 2.37. The summed E-state index contributed by atoms with van der Waals surface area (Å²) in [5.74, 6) is 0. The summed E-state index contributed by atoms with van der Waals surface area (Å²) >= 11 is 8.57. The Kier molecular flexibility index (Phi) is 5.65. The zero-order chi connectivity index (χ0) is 11.1. The van der Waals surface area contributed by atoms with E-state index in [0.717, 1.165) is 23.1 Å². The smallest absolute Gasteiger partial charge is 0.170 e. The second kappa shape index (κ2) is 6.80. The number of thiocarbonyl (C=S) groups is 1. The number of nitrogens with one attached hydrogen (secondary N) is 2. The maximum atomic E-state index is 5.16. The molecular formula is C11H15BrN2S. The van der Waals surface area contributed by atoms with Gasteiger partial charge in [0.25, 0.3) is 0 Å². The minimum atomic E-state index is 0.682. The fourth-order valence-corrected chi connectivity index (χ4v) is 1.74. The van der Waals surface area contributed by atoms with Gasteiger partial charge in [0.15, 0.2) is 5.11 Å². The molecule has 0 spiro atoms. The van der Waals surface area contributed by atoms with E-state index in [1.54, 1.807) is 0 Å². The Morgan fingerprint density at radius 2 is 2.27 bits per heavy atom. The van der Waals surface area contributed by atoms with E-state index in [1.165, 1.54) is 6.42 Å². The lowest BCUT2D eigenvalue weighted by atomic mass is 10.3. The van der Waals surface area contributed by atoms with Crippen molar-refractivity contribution in [1.82, 2.24) is 5.32 Å². The van der Waals surface area contributed by atoms with Gasteiger partial charge in [-0.1, -0.05) is 35.3 Å². The van der Waals surface area contributed by atoms with Gasteiger partial charge in [-0.2, -0.15) is 0 Å². The molecule has 0 aliphatic rings. The summed E-state index contributed by atoms with van der Waals surface area (Å²) in [5, 5.41) is 6.97. The molecule has 0 aliphatic carbocycles. The van der Waals surface area contributed by atoms with Crippen molar-refractivity contribution >= 4 is 38.9 Å². The number of hydrogen-bond donors (Lipinski definition) is 2. The minimum Gasteiger partial charge on any atom is -0.362 e. The van der Waals surface area contributed by atoms with Gasteiger partial charge in [-0.3, -0.25) is 0 Å². The number of anilines is 1. The molecule has 0 fully saturated rings. The fraction of sp³-hybridized carbons (Fsp3) is 0.364. The van der Waals surface area contributed by atoms with E-state index < -0.39 is 0 Å². The van der Waals surface area contributed by atoms with Crippen molar-refractivity contribution in [3.63, 3.8) is 0 Å². The largest absolute Gasteiger partial charge is 0.362 e. The van der Waals surface area contributed by atoms with Crippen LogP contribution in [0.1, 0.15) is 19.8 Å². The van der Waals surface area contributed by atoms with Crippen LogP contribution in [0.15, 0.2) is 28.7 Å². The molecule has 82 valence electrons. The van der Waals surface area contributed by atoms with E-state index in [2.05, 4.69) is 33.5 Å². The van der Waals surface area contributed by atoms with E-state index in [-0.39, 0.29) is 0 Å². The molecule has 2 nitrogen and oxygen atoms in total. The lowest BCUT2D eigenvalue weighted by Gasteiger charge is -2.09. The molecule has 0 aliphatic heterocycles. The van der Waals surface area contributed by atoms with Crippen molar-refractivity contribution in [2.75, 3.05) is 11.9 Å². The first-order valence-electron chi connectivity index (χ1n) is 5.03. The van der Waals surface area contributed by atoms with E-state index in [4.69, 9.17) is 12.2 Å². The molecule has 15 heavy (non-hydrogen) atoms. The average Bonchev–Trinajstić information content (AvgIpc) is 2.18. The van der Waals surface area contributed by atoms with Gasteiger partial charge in [0, 0.05) is 16.7 Å². The summed E-state index contributed by atoms with van der Waals surface area (Å²) < 4.78 is 1.05. The molecule has 0 saturated heterocycles. The van der Waals surface area contributed by atoms with Crippen LogP contribution in [-0.2, 0) is 0 Å². The molecule has 0 radical (unpaired) electrons. The average molecular weight is 287 g/mol. The summed E-state index contributed by atoms with van der Waals surface area (Å²) in [6.45, 7) is 3.09.